The Balaban J connectivity index is 1.97. The van der Waals surface area contributed by atoms with Gasteiger partial charge in [0.25, 0.3) is 5.91 Å². The molecule has 0 spiro atoms. The number of amides is 1. The van der Waals surface area contributed by atoms with Gasteiger partial charge in [-0.2, -0.15) is 5.10 Å². The van der Waals surface area contributed by atoms with E-state index >= 15 is 0 Å². The number of sulfone groups is 1. The van der Waals surface area contributed by atoms with Crippen LogP contribution < -0.4 is 5.01 Å². The van der Waals surface area contributed by atoms with Crippen LogP contribution in [0.4, 0.5) is 5.69 Å². The number of ether oxygens (including phenoxy) is 1. The molecule has 1 amide bonds. The smallest absolute Gasteiger partial charge is 0.328 e. The molecule has 28 heavy (non-hydrogen) atoms. The Morgan fingerprint density at radius 2 is 1.75 bits per heavy atom. The number of carbonyl (C=O) groups is 2. The van der Waals surface area contributed by atoms with Crippen molar-refractivity contribution >= 4 is 32.4 Å². The first kappa shape index (κ1) is 20.3. The average molecular weight is 407 g/mol. The van der Waals surface area contributed by atoms with E-state index in [1.165, 1.54) is 11.1 Å². The molecule has 0 bridgehead atoms. The van der Waals surface area contributed by atoms with Gasteiger partial charge in [0, 0.05) is 13.1 Å². The molecule has 0 N–H and O–H groups in total. The number of hydrogen-bond donors (Lipinski definition) is 0. The van der Waals surface area contributed by atoms with Gasteiger partial charge in [0.05, 0.1) is 16.7 Å². The fraction of sp³-hybridized carbons (Fsp3) is 0.526. The number of nitrogens with zero attached hydrogens (tertiary/aromatic N) is 3. The van der Waals surface area contributed by atoms with Gasteiger partial charge < -0.3 is 9.64 Å². The van der Waals surface area contributed by atoms with Crippen LogP contribution in [0.3, 0.4) is 0 Å². The normalized spacial score (nSPS) is 18.9. The maximum Gasteiger partial charge on any atom is 0.328 e. The summed E-state index contributed by atoms with van der Waals surface area (Å²) < 4.78 is 31.3. The lowest BCUT2D eigenvalue weighted by atomic mass is 10.2. The van der Waals surface area contributed by atoms with E-state index in [1.807, 2.05) is 0 Å². The maximum atomic E-state index is 13.1. The molecule has 9 heteroatoms. The molecule has 0 aromatic heterocycles. The van der Waals surface area contributed by atoms with Crippen molar-refractivity contribution in [3.8, 4) is 0 Å². The zero-order valence-electron chi connectivity index (χ0n) is 16.1. The number of carbonyl (C=O) groups excluding carboxylic acids is 2. The zero-order valence-corrected chi connectivity index (χ0v) is 16.9. The molecule has 1 aromatic rings. The highest BCUT2D eigenvalue weighted by Crippen LogP contribution is 2.32. The van der Waals surface area contributed by atoms with E-state index in [2.05, 4.69) is 5.10 Å². The quantitative estimate of drug-likeness (QED) is 0.708. The van der Waals surface area contributed by atoms with Crippen molar-refractivity contribution in [1.82, 2.24) is 4.90 Å². The Labute approximate surface area is 165 Å². The molecule has 3 rings (SSSR count). The Hall–Kier alpha value is -2.42. The monoisotopic (exact) mass is 407 g/mol. The van der Waals surface area contributed by atoms with Crippen LogP contribution in [0.5, 0.6) is 0 Å². The first-order valence-electron chi connectivity index (χ1n) is 9.49. The van der Waals surface area contributed by atoms with E-state index in [9.17, 15) is 18.0 Å². The number of hydrogen-bond acceptors (Lipinski definition) is 7. The molecule has 1 saturated heterocycles. The maximum absolute atomic E-state index is 13.1. The summed E-state index contributed by atoms with van der Waals surface area (Å²) >= 11 is 0. The van der Waals surface area contributed by atoms with Gasteiger partial charge >= 0.3 is 5.97 Å². The van der Waals surface area contributed by atoms with E-state index in [-0.39, 0.29) is 23.2 Å². The standard InChI is InChI=1S/C19H25N3O5S/c1-14(2)27-17(23)13-22-15-9-5-6-10-16(15)28(25,26)18(20-22)19(24)21-11-7-3-4-8-12-21/h5-6,9-10,14H,3-4,7-8,11-13H2,1-2H3. The molecule has 8 nitrogen and oxygen atoms in total. The number of benzene rings is 1. The summed E-state index contributed by atoms with van der Waals surface area (Å²) in [6, 6.07) is 6.23. The summed E-state index contributed by atoms with van der Waals surface area (Å²) in [6.07, 6.45) is 3.39. The summed E-state index contributed by atoms with van der Waals surface area (Å²) in [5.41, 5.74) is 0.260. The first-order valence-corrected chi connectivity index (χ1v) is 11.0. The first-order chi connectivity index (χ1) is 13.3. The zero-order chi connectivity index (χ0) is 20.3. The molecular weight excluding hydrogens is 382 g/mol. The molecule has 1 aromatic carbocycles. The fourth-order valence-corrected chi connectivity index (χ4v) is 4.81. The molecule has 0 unspecified atom stereocenters. The van der Waals surface area contributed by atoms with E-state index in [4.69, 9.17) is 4.74 Å². The molecular formula is C19H25N3O5S. The summed E-state index contributed by atoms with van der Waals surface area (Å²) in [4.78, 5) is 26.7. The number of hydrazone groups is 1. The van der Waals surface area contributed by atoms with Crippen LogP contribution in [-0.2, 0) is 24.2 Å². The van der Waals surface area contributed by atoms with Gasteiger partial charge in [-0.3, -0.25) is 14.6 Å². The molecule has 2 aliphatic heterocycles. The minimum atomic E-state index is -4.07. The van der Waals surface area contributed by atoms with Crippen LogP contribution in [0.25, 0.3) is 0 Å². The summed E-state index contributed by atoms with van der Waals surface area (Å²) in [6.45, 7) is 4.18. The third kappa shape index (κ3) is 4.19. The molecule has 2 heterocycles. The Bertz CT molecular complexity index is 887. The Morgan fingerprint density at radius 1 is 1.11 bits per heavy atom. The van der Waals surface area contributed by atoms with Crippen molar-refractivity contribution in [2.75, 3.05) is 24.6 Å². The number of fused-ring (bicyclic) bond motifs is 1. The van der Waals surface area contributed by atoms with Gasteiger partial charge in [-0.15, -0.1) is 0 Å². The lowest BCUT2D eigenvalue weighted by molar-refractivity contribution is -0.145. The van der Waals surface area contributed by atoms with Crippen LogP contribution in [0.1, 0.15) is 39.5 Å². The van der Waals surface area contributed by atoms with Gasteiger partial charge in [0.2, 0.25) is 14.9 Å². The average Bonchev–Trinajstić information content (AvgIpc) is 2.92. The minimum absolute atomic E-state index is 0.0273. The van der Waals surface area contributed by atoms with Gasteiger partial charge in [-0.1, -0.05) is 25.0 Å². The molecule has 0 radical (unpaired) electrons. The van der Waals surface area contributed by atoms with Crippen molar-refractivity contribution in [3.63, 3.8) is 0 Å². The highest BCUT2D eigenvalue weighted by molar-refractivity contribution is 8.08. The van der Waals surface area contributed by atoms with Crippen molar-refractivity contribution < 1.29 is 22.7 Å². The van der Waals surface area contributed by atoms with Gasteiger partial charge in [-0.25, -0.2) is 8.42 Å². The number of esters is 1. The molecule has 152 valence electrons. The highest BCUT2D eigenvalue weighted by atomic mass is 32.2. The lowest BCUT2D eigenvalue weighted by Gasteiger charge is -2.28. The summed E-state index contributed by atoms with van der Waals surface area (Å²) in [7, 11) is -4.07. The molecule has 0 aliphatic carbocycles. The Morgan fingerprint density at radius 3 is 2.39 bits per heavy atom. The second kappa shape index (κ2) is 8.30. The van der Waals surface area contributed by atoms with Crippen LogP contribution in [0.15, 0.2) is 34.3 Å². The van der Waals surface area contributed by atoms with Crippen LogP contribution in [0, 0.1) is 0 Å². The van der Waals surface area contributed by atoms with Crippen molar-refractivity contribution in [2.45, 2.75) is 50.5 Å². The number of para-hydroxylation sites is 1. The van der Waals surface area contributed by atoms with E-state index < -0.39 is 26.8 Å². The predicted octanol–water partition coefficient (Wildman–Crippen LogP) is 1.95. The number of likely N-dealkylation sites (tertiary alicyclic amines) is 1. The highest BCUT2D eigenvalue weighted by Gasteiger charge is 2.39. The lowest BCUT2D eigenvalue weighted by Crippen LogP contribution is -2.44. The van der Waals surface area contributed by atoms with Crippen LogP contribution in [-0.4, -0.2) is 56.0 Å². The number of anilines is 1. The molecule has 0 saturated carbocycles. The fourth-order valence-electron chi connectivity index (χ4n) is 3.33. The number of rotatable bonds is 4. The van der Waals surface area contributed by atoms with Crippen molar-refractivity contribution in [3.05, 3.63) is 24.3 Å². The largest absolute Gasteiger partial charge is 0.462 e. The van der Waals surface area contributed by atoms with Crippen LogP contribution >= 0.6 is 0 Å². The van der Waals surface area contributed by atoms with Gasteiger partial charge in [-0.05, 0) is 38.8 Å². The third-order valence-electron chi connectivity index (χ3n) is 4.62. The second-order valence-electron chi connectivity index (χ2n) is 7.18. The minimum Gasteiger partial charge on any atom is -0.462 e. The molecule has 0 atom stereocenters. The van der Waals surface area contributed by atoms with E-state index in [0.29, 0.717) is 13.1 Å². The Kier molecular flexibility index (Phi) is 6.02. The van der Waals surface area contributed by atoms with Crippen molar-refractivity contribution in [2.24, 2.45) is 5.10 Å². The topological polar surface area (TPSA) is 96.3 Å². The van der Waals surface area contributed by atoms with Crippen molar-refractivity contribution in [1.29, 1.82) is 0 Å². The van der Waals surface area contributed by atoms with E-state index in [0.717, 1.165) is 25.7 Å². The molecule has 2 aliphatic rings. The second-order valence-corrected chi connectivity index (χ2v) is 9.01. The predicted molar refractivity (Wildman–Crippen MR) is 105 cm³/mol. The van der Waals surface area contributed by atoms with Gasteiger partial charge in [0.1, 0.15) is 6.54 Å². The summed E-state index contributed by atoms with van der Waals surface area (Å²) in [5.74, 6) is -1.16. The van der Waals surface area contributed by atoms with Crippen LogP contribution in [0.2, 0.25) is 0 Å². The summed E-state index contributed by atoms with van der Waals surface area (Å²) in [5, 5.41) is 4.80. The third-order valence-corrected chi connectivity index (χ3v) is 6.31. The SMILES string of the molecule is CC(C)OC(=O)CN1N=C(C(=O)N2CCCCCC2)S(=O)(=O)c2ccccc21. The van der Waals surface area contributed by atoms with Gasteiger partial charge in [0.15, 0.2) is 0 Å². The van der Waals surface area contributed by atoms with E-state index in [1.54, 1.807) is 36.9 Å². The molecule has 1 fully saturated rings.